The van der Waals surface area contributed by atoms with Crippen molar-refractivity contribution in [1.29, 1.82) is 0 Å². The van der Waals surface area contributed by atoms with Crippen molar-refractivity contribution in [2.45, 2.75) is 13.8 Å². The molecule has 0 aliphatic carbocycles. The molecule has 1 saturated heterocycles. The zero-order valence-corrected chi connectivity index (χ0v) is 13.8. The molecule has 3 heterocycles. The third-order valence-corrected chi connectivity index (χ3v) is 5.31. The highest BCUT2D eigenvalue weighted by molar-refractivity contribution is 7.99. The lowest BCUT2D eigenvalue weighted by Crippen LogP contribution is -2.34. The maximum Gasteiger partial charge on any atom is 0.289 e. The molecule has 0 atom stereocenters. The number of hydrogen-bond acceptors (Lipinski definition) is 6. The first-order valence-electron chi connectivity index (χ1n) is 7.07. The van der Waals surface area contributed by atoms with Crippen LogP contribution in [0.2, 0.25) is 0 Å². The average molecular weight is 322 g/mol. The van der Waals surface area contributed by atoms with E-state index in [-0.39, 0.29) is 11.7 Å². The number of aryl methyl sites for hydroxylation is 1. The number of rotatable bonds is 3. The highest BCUT2D eigenvalue weighted by Crippen LogP contribution is 2.32. The lowest BCUT2D eigenvalue weighted by molar-refractivity contribution is 0.0946. The van der Waals surface area contributed by atoms with Crippen molar-refractivity contribution in [2.24, 2.45) is 0 Å². The van der Waals surface area contributed by atoms with Gasteiger partial charge in [-0.3, -0.25) is 4.79 Å². The molecule has 1 fully saturated rings. The largest absolute Gasteiger partial charge is 0.354 e. The van der Waals surface area contributed by atoms with E-state index in [0.29, 0.717) is 6.54 Å². The molecule has 0 aromatic carbocycles. The second-order valence-corrected chi connectivity index (χ2v) is 7.19. The van der Waals surface area contributed by atoms with E-state index in [0.717, 1.165) is 41.3 Å². The molecule has 0 bridgehead atoms. The molecule has 2 aromatic heterocycles. The smallest absolute Gasteiger partial charge is 0.289 e. The molecule has 1 N–H and O–H groups in total. The van der Waals surface area contributed by atoms with Gasteiger partial charge in [-0.15, -0.1) is 11.3 Å². The van der Waals surface area contributed by atoms with Gasteiger partial charge in [0.25, 0.3) is 5.91 Å². The average Bonchev–Trinajstić information content (AvgIpc) is 2.89. The van der Waals surface area contributed by atoms with Gasteiger partial charge in [-0.2, -0.15) is 11.8 Å². The van der Waals surface area contributed by atoms with Gasteiger partial charge >= 0.3 is 0 Å². The van der Waals surface area contributed by atoms with E-state index in [9.17, 15) is 4.79 Å². The van der Waals surface area contributed by atoms with Crippen molar-refractivity contribution in [3.05, 3.63) is 16.1 Å². The molecule has 1 aliphatic rings. The third kappa shape index (κ3) is 2.85. The van der Waals surface area contributed by atoms with E-state index in [1.54, 1.807) is 11.3 Å². The lowest BCUT2D eigenvalue weighted by Gasteiger charge is -2.28. The van der Waals surface area contributed by atoms with Crippen molar-refractivity contribution in [1.82, 2.24) is 15.3 Å². The Morgan fingerprint density at radius 2 is 2.14 bits per heavy atom. The number of thioether (sulfide) groups is 1. The fourth-order valence-electron chi connectivity index (χ4n) is 2.44. The summed E-state index contributed by atoms with van der Waals surface area (Å²) in [5.74, 6) is 3.20. The number of nitrogens with zero attached hydrogens (tertiary/aromatic N) is 3. The number of amides is 1. The summed E-state index contributed by atoms with van der Waals surface area (Å²) >= 11 is 3.63. The monoisotopic (exact) mass is 322 g/mol. The summed E-state index contributed by atoms with van der Waals surface area (Å²) in [6, 6.07) is 0. The van der Waals surface area contributed by atoms with Crippen molar-refractivity contribution in [2.75, 3.05) is 36.0 Å². The fourth-order valence-corrected chi connectivity index (χ4v) is 4.11. The summed E-state index contributed by atoms with van der Waals surface area (Å²) in [6.07, 6.45) is 0. The van der Waals surface area contributed by atoms with Gasteiger partial charge in [0.15, 0.2) is 0 Å². The molecule has 1 amide bonds. The molecule has 0 spiro atoms. The van der Waals surface area contributed by atoms with Crippen molar-refractivity contribution < 1.29 is 4.79 Å². The summed E-state index contributed by atoms with van der Waals surface area (Å²) in [7, 11) is 0. The molecule has 5 nitrogen and oxygen atoms in total. The molecule has 112 valence electrons. The van der Waals surface area contributed by atoms with E-state index < -0.39 is 0 Å². The van der Waals surface area contributed by atoms with Crippen LogP contribution in [-0.4, -0.2) is 47.0 Å². The zero-order valence-electron chi connectivity index (χ0n) is 12.2. The number of carbonyl (C=O) groups excluding carboxylic acids is 1. The Kier molecular flexibility index (Phi) is 4.30. The molecule has 0 radical (unpaired) electrons. The van der Waals surface area contributed by atoms with E-state index in [4.69, 9.17) is 0 Å². The van der Waals surface area contributed by atoms with Crippen LogP contribution in [0, 0.1) is 6.92 Å². The van der Waals surface area contributed by atoms with Gasteiger partial charge in [0.2, 0.25) is 5.82 Å². The highest BCUT2D eigenvalue weighted by atomic mass is 32.2. The van der Waals surface area contributed by atoms with Gasteiger partial charge in [-0.05, 0) is 13.8 Å². The summed E-state index contributed by atoms with van der Waals surface area (Å²) in [5, 5.41) is 5.89. The van der Waals surface area contributed by atoms with Gasteiger partial charge in [-0.25, -0.2) is 9.97 Å². The van der Waals surface area contributed by atoms with Gasteiger partial charge in [-0.1, -0.05) is 0 Å². The number of carbonyl (C=O) groups is 1. The van der Waals surface area contributed by atoms with Crippen LogP contribution in [0.15, 0.2) is 5.38 Å². The summed E-state index contributed by atoms with van der Waals surface area (Å²) in [6.45, 7) is 6.51. The van der Waals surface area contributed by atoms with Gasteiger partial charge in [0.05, 0.1) is 10.9 Å². The molecule has 7 heteroatoms. The van der Waals surface area contributed by atoms with Gasteiger partial charge in [0, 0.05) is 41.4 Å². The summed E-state index contributed by atoms with van der Waals surface area (Å²) in [5.41, 5.74) is 0.877. The Hall–Kier alpha value is -1.34. The van der Waals surface area contributed by atoms with Crippen LogP contribution in [0.1, 0.15) is 22.4 Å². The zero-order chi connectivity index (χ0) is 14.8. The SMILES string of the molecule is CCNC(=O)c1nc(N2CCSCC2)c2c(C)scc2n1. The van der Waals surface area contributed by atoms with Crippen LogP contribution in [0.25, 0.3) is 10.9 Å². The first-order chi connectivity index (χ1) is 10.2. The van der Waals surface area contributed by atoms with Crippen LogP contribution in [0.5, 0.6) is 0 Å². The van der Waals surface area contributed by atoms with Crippen molar-refractivity contribution in [3.63, 3.8) is 0 Å². The van der Waals surface area contributed by atoms with Crippen LogP contribution in [0.4, 0.5) is 5.82 Å². The molecular weight excluding hydrogens is 304 g/mol. The number of thiophene rings is 1. The Morgan fingerprint density at radius 1 is 1.38 bits per heavy atom. The molecule has 0 saturated carbocycles. The third-order valence-electron chi connectivity index (χ3n) is 3.47. The predicted octanol–water partition coefficient (Wildman–Crippen LogP) is 2.30. The number of nitrogens with one attached hydrogen (secondary N) is 1. The van der Waals surface area contributed by atoms with Crippen molar-refractivity contribution >= 4 is 45.7 Å². The topological polar surface area (TPSA) is 58.1 Å². The van der Waals surface area contributed by atoms with E-state index in [1.165, 1.54) is 4.88 Å². The standard InChI is InChI=1S/C14H18N4OS2/c1-3-15-14(19)12-16-10-8-21-9(2)11(10)13(17-12)18-4-6-20-7-5-18/h8H,3-7H2,1-2H3,(H,15,19). The van der Waals surface area contributed by atoms with Crippen LogP contribution in [-0.2, 0) is 0 Å². The summed E-state index contributed by atoms with van der Waals surface area (Å²) < 4.78 is 0. The first-order valence-corrected chi connectivity index (χ1v) is 9.11. The number of hydrogen-bond donors (Lipinski definition) is 1. The van der Waals surface area contributed by atoms with E-state index >= 15 is 0 Å². The van der Waals surface area contributed by atoms with E-state index in [1.807, 2.05) is 24.1 Å². The minimum atomic E-state index is -0.198. The maximum atomic E-state index is 12.1. The number of aromatic nitrogens is 2. The molecule has 2 aromatic rings. The fraction of sp³-hybridized carbons (Fsp3) is 0.500. The molecule has 21 heavy (non-hydrogen) atoms. The molecular formula is C14H18N4OS2. The highest BCUT2D eigenvalue weighted by Gasteiger charge is 2.21. The van der Waals surface area contributed by atoms with Crippen LogP contribution < -0.4 is 10.2 Å². The van der Waals surface area contributed by atoms with E-state index in [2.05, 4.69) is 27.1 Å². The minimum absolute atomic E-state index is 0.198. The number of anilines is 1. The number of fused-ring (bicyclic) bond motifs is 1. The second kappa shape index (κ2) is 6.19. The molecule has 1 aliphatic heterocycles. The van der Waals surface area contributed by atoms with Crippen LogP contribution in [0.3, 0.4) is 0 Å². The van der Waals surface area contributed by atoms with Crippen molar-refractivity contribution in [3.8, 4) is 0 Å². The van der Waals surface area contributed by atoms with Gasteiger partial charge in [0.1, 0.15) is 5.82 Å². The Labute approximate surface area is 132 Å². The molecule has 3 rings (SSSR count). The summed E-state index contributed by atoms with van der Waals surface area (Å²) in [4.78, 5) is 24.6. The Bertz CT molecular complexity index is 664. The minimum Gasteiger partial charge on any atom is -0.354 e. The van der Waals surface area contributed by atoms with Gasteiger partial charge < -0.3 is 10.2 Å². The lowest BCUT2D eigenvalue weighted by atomic mass is 10.2. The first kappa shape index (κ1) is 14.6. The Morgan fingerprint density at radius 3 is 2.86 bits per heavy atom. The van der Waals surface area contributed by atoms with Crippen LogP contribution >= 0.6 is 23.1 Å². The molecule has 0 unspecified atom stereocenters. The predicted molar refractivity (Wildman–Crippen MR) is 89.7 cm³/mol. The maximum absolute atomic E-state index is 12.1. The normalized spacial score (nSPS) is 15.4. The Balaban J connectivity index is 2.09. The second-order valence-electron chi connectivity index (χ2n) is 4.88. The quantitative estimate of drug-likeness (QED) is 0.940.